The molecule has 0 unspecified atom stereocenters. The third-order valence-corrected chi connectivity index (χ3v) is 2.99. The summed E-state index contributed by atoms with van der Waals surface area (Å²) in [5.74, 6) is -0.125. The van der Waals surface area contributed by atoms with Gasteiger partial charge in [-0.25, -0.2) is 0 Å². The van der Waals surface area contributed by atoms with Gasteiger partial charge in [0.05, 0.1) is 6.42 Å². The first-order valence-corrected chi connectivity index (χ1v) is 7.51. The molecule has 0 N–H and O–H groups in total. The van der Waals surface area contributed by atoms with Gasteiger partial charge in [-0.1, -0.05) is 24.3 Å². The number of rotatable bonds is 4. The summed E-state index contributed by atoms with van der Waals surface area (Å²) >= 11 is 0. The summed E-state index contributed by atoms with van der Waals surface area (Å²) in [7, 11) is 0. The summed E-state index contributed by atoms with van der Waals surface area (Å²) in [4.78, 5) is 33.1. The largest absolute Gasteiger partial charge is 0.654 e. The molecule has 0 fully saturated rings. The van der Waals surface area contributed by atoms with Crippen molar-refractivity contribution in [3.8, 4) is 22.8 Å². The van der Waals surface area contributed by atoms with E-state index in [0.717, 1.165) is 22.8 Å². The fraction of sp³-hybridized carbons (Fsp3) is 0.158. The van der Waals surface area contributed by atoms with E-state index in [0.29, 0.717) is 0 Å². The number of ketones is 2. The van der Waals surface area contributed by atoms with E-state index in [1.165, 1.54) is 13.8 Å². The molecule has 0 saturated carbocycles. The van der Waals surface area contributed by atoms with Crippen molar-refractivity contribution in [3.63, 3.8) is 0 Å². The third-order valence-electron chi connectivity index (χ3n) is 2.99. The Balaban J connectivity index is 0.000000339. The summed E-state index contributed by atoms with van der Waals surface area (Å²) in [6, 6.07) is 15.5. The molecule has 0 aliphatic heterocycles. The summed E-state index contributed by atoms with van der Waals surface area (Å²) in [5.41, 5.74) is 3.53. The first-order valence-electron chi connectivity index (χ1n) is 7.51. The van der Waals surface area contributed by atoms with Crippen LogP contribution >= 0.6 is 0 Å². The van der Waals surface area contributed by atoms with Crippen molar-refractivity contribution < 1.29 is 29.1 Å². The van der Waals surface area contributed by atoms with E-state index >= 15 is 0 Å². The van der Waals surface area contributed by atoms with Gasteiger partial charge in [0.25, 0.3) is 0 Å². The van der Waals surface area contributed by atoms with Crippen LogP contribution < -0.4 is 4.98 Å². The maximum atomic E-state index is 10.0. The van der Waals surface area contributed by atoms with Crippen LogP contribution in [0.25, 0.3) is 22.8 Å². The fourth-order valence-electron chi connectivity index (χ4n) is 2.03. The van der Waals surface area contributed by atoms with Crippen molar-refractivity contribution in [1.82, 2.24) is 15.0 Å². The van der Waals surface area contributed by atoms with Crippen LogP contribution in [0, 0.1) is 0 Å². The summed E-state index contributed by atoms with van der Waals surface area (Å²) in [6.45, 7) is 2.81. The summed E-state index contributed by atoms with van der Waals surface area (Å²) < 4.78 is 0. The molecule has 0 aromatic carbocycles. The van der Waals surface area contributed by atoms with Gasteiger partial charge >= 0.3 is 0 Å². The van der Waals surface area contributed by atoms with Gasteiger partial charge in [0, 0.05) is 43.3 Å². The first-order chi connectivity index (χ1) is 11.6. The molecule has 25 heavy (non-hydrogen) atoms. The Morgan fingerprint density at radius 3 is 1.52 bits per heavy atom. The van der Waals surface area contributed by atoms with E-state index in [9.17, 15) is 9.59 Å². The molecule has 0 amide bonds. The van der Waals surface area contributed by atoms with Gasteiger partial charge in [-0.05, 0) is 38.1 Å². The molecule has 0 atom stereocenters. The van der Waals surface area contributed by atoms with Crippen LogP contribution in [0.5, 0.6) is 0 Å². The maximum Gasteiger partial charge on any atom is 0.137 e. The van der Waals surface area contributed by atoms with Crippen LogP contribution in [0.2, 0.25) is 0 Å². The third kappa shape index (κ3) is 6.90. The Hall–Kier alpha value is -2.46. The molecule has 6 heteroatoms. The minimum Gasteiger partial charge on any atom is -0.654 e. The van der Waals surface area contributed by atoms with Gasteiger partial charge in [0.2, 0.25) is 0 Å². The summed E-state index contributed by atoms with van der Waals surface area (Å²) in [6.07, 6.45) is 3.62. The molecule has 3 rings (SSSR count). The molecular formula is C19H18N3O2Rh-. The number of carbonyl (C=O) groups excluding carboxylic acids is 2. The van der Waals surface area contributed by atoms with Crippen LogP contribution in [-0.4, -0.2) is 21.5 Å². The topological polar surface area (TPSA) is 74.0 Å². The van der Waals surface area contributed by atoms with Crippen LogP contribution in [0.4, 0.5) is 0 Å². The van der Waals surface area contributed by atoms with Crippen LogP contribution in [0.15, 0.2) is 60.9 Å². The minimum absolute atomic E-state index is 0. The molecule has 0 saturated heterocycles. The zero-order chi connectivity index (χ0) is 17.4. The Morgan fingerprint density at radius 2 is 1.24 bits per heavy atom. The van der Waals surface area contributed by atoms with Crippen molar-refractivity contribution in [1.29, 1.82) is 0 Å². The Labute approximate surface area is 159 Å². The van der Waals surface area contributed by atoms with Crippen molar-refractivity contribution in [2.45, 2.75) is 20.3 Å². The second-order valence-corrected chi connectivity index (χ2v) is 5.23. The van der Waals surface area contributed by atoms with E-state index in [-0.39, 0.29) is 37.5 Å². The van der Waals surface area contributed by atoms with Crippen LogP contribution in [0.1, 0.15) is 20.3 Å². The van der Waals surface area contributed by atoms with E-state index in [1.54, 1.807) is 12.4 Å². The first kappa shape index (κ1) is 20.6. The Morgan fingerprint density at radius 1 is 0.800 bits per heavy atom. The number of carbonyl (C=O) groups is 2. The van der Waals surface area contributed by atoms with Crippen molar-refractivity contribution >= 4 is 11.6 Å². The maximum absolute atomic E-state index is 10.0. The van der Waals surface area contributed by atoms with Gasteiger partial charge in [-0.15, -0.1) is 11.4 Å². The van der Waals surface area contributed by atoms with Gasteiger partial charge in [0.15, 0.2) is 0 Å². The zero-order valence-electron chi connectivity index (χ0n) is 14.0. The second-order valence-electron chi connectivity index (χ2n) is 5.23. The zero-order valence-corrected chi connectivity index (χ0v) is 15.6. The van der Waals surface area contributed by atoms with Crippen molar-refractivity contribution in [2.24, 2.45) is 0 Å². The van der Waals surface area contributed by atoms with Crippen molar-refractivity contribution in [3.05, 3.63) is 60.9 Å². The van der Waals surface area contributed by atoms with Crippen LogP contribution in [-0.2, 0) is 29.1 Å². The molecule has 3 aromatic heterocycles. The number of pyridine rings is 2. The van der Waals surface area contributed by atoms with E-state index < -0.39 is 0 Å². The number of hydrogen-bond acceptors (Lipinski definition) is 4. The standard InChI is InChI=1S/C14H10N3.C5H8O2.Rh/c1-3-9-15-11(5-1)13-7-8-14(17-13)12-6-2-4-10-16-12;1-4(6)3-5(2)7;/h1-10H;3H2,1-2H3;/q-1;;. The minimum atomic E-state index is -0.0625. The van der Waals surface area contributed by atoms with Crippen LogP contribution in [0.3, 0.4) is 0 Å². The smallest absolute Gasteiger partial charge is 0.137 e. The predicted octanol–water partition coefficient (Wildman–Crippen LogP) is 3.32. The molecule has 3 aromatic rings. The normalized spacial score (nSPS) is 9.36. The number of aromatic nitrogens is 3. The number of hydrogen-bond donors (Lipinski definition) is 0. The average molecular weight is 423 g/mol. The van der Waals surface area contributed by atoms with Gasteiger partial charge < -0.3 is 4.98 Å². The monoisotopic (exact) mass is 423 g/mol. The molecule has 0 spiro atoms. The van der Waals surface area contributed by atoms with Gasteiger partial charge in [-0.2, -0.15) is 0 Å². The number of Topliss-reactive ketones (excluding diaryl/α,β-unsaturated/α-hetero) is 2. The van der Waals surface area contributed by atoms with E-state index in [1.807, 2.05) is 48.5 Å². The van der Waals surface area contributed by atoms with E-state index in [2.05, 4.69) is 15.0 Å². The molecule has 5 nitrogen and oxygen atoms in total. The fourth-order valence-corrected chi connectivity index (χ4v) is 2.03. The molecule has 131 valence electrons. The van der Waals surface area contributed by atoms with Gasteiger partial charge in [0.1, 0.15) is 11.6 Å². The molecule has 0 aliphatic carbocycles. The summed E-state index contributed by atoms with van der Waals surface area (Å²) in [5, 5.41) is 0. The van der Waals surface area contributed by atoms with Gasteiger partial charge in [-0.3, -0.25) is 19.6 Å². The van der Waals surface area contributed by atoms with Crippen molar-refractivity contribution in [2.75, 3.05) is 0 Å². The molecule has 1 radical (unpaired) electrons. The molecule has 0 aliphatic rings. The molecular weight excluding hydrogens is 405 g/mol. The van der Waals surface area contributed by atoms with E-state index in [4.69, 9.17) is 0 Å². The second kappa shape index (κ2) is 10.4. The predicted molar refractivity (Wildman–Crippen MR) is 92.2 cm³/mol. The quantitative estimate of drug-likeness (QED) is 0.476. The Kier molecular flexibility index (Phi) is 8.58. The number of nitrogens with zero attached hydrogens (tertiary/aromatic N) is 3. The molecule has 3 heterocycles. The average Bonchev–Trinajstić information content (AvgIpc) is 3.06. The molecule has 0 bridgehead atoms. The Bertz CT molecular complexity index is 736. The SMILES string of the molecule is CC(=O)CC(C)=O.[Rh].c1ccc(-c2ccc(-c3ccccn3)[n-]2)nc1.